The van der Waals surface area contributed by atoms with Gasteiger partial charge in [-0.3, -0.25) is 0 Å². The average Bonchev–Trinajstić information content (AvgIpc) is 2.43. The molecule has 0 aromatic heterocycles. The lowest BCUT2D eigenvalue weighted by Crippen LogP contribution is -2.04. The third-order valence-corrected chi connectivity index (χ3v) is 3.88. The monoisotopic (exact) mass is 357 g/mol. The predicted molar refractivity (Wildman–Crippen MR) is 82.6 cm³/mol. The zero-order valence-corrected chi connectivity index (χ0v) is 13.0. The predicted octanol–water partition coefficient (Wildman–Crippen LogP) is 4.32. The quantitative estimate of drug-likeness (QED) is 0.864. The highest BCUT2D eigenvalue weighted by Gasteiger charge is 2.04. The number of nitrogens with two attached hydrogens (primary N) is 1. The van der Waals surface area contributed by atoms with E-state index in [-0.39, 0.29) is 5.02 Å². The van der Waals surface area contributed by atoms with E-state index in [9.17, 15) is 4.39 Å². The van der Waals surface area contributed by atoms with Crippen molar-refractivity contribution in [2.45, 2.75) is 13.0 Å². The van der Waals surface area contributed by atoms with Crippen LogP contribution in [0.2, 0.25) is 5.02 Å². The second kappa shape index (κ2) is 7.07. The van der Waals surface area contributed by atoms with Gasteiger partial charge in [0.2, 0.25) is 0 Å². The highest BCUT2D eigenvalue weighted by molar-refractivity contribution is 9.10. The van der Waals surface area contributed by atoms with Crippen LogP contribution in [-0.4, -0.2) is 6.54 Å². The maximum atomic E-state index is 13.1. The number of benzene rings is 2. The minimum atomic E-state index is -0.427. The van der Waals surface area contributed by atoms with Gasteiger partial charge in [0.05, 0.1) is 5.02 Å². The molecule has 106 valence electrons. The van der Waals surface area contributed by atoms with Gasteiger partial charge in [0, 0.05) is 4.47 Å². The lowest BCUT2D eigenvalue weighted by atomic mass is 10.1. The summed E-state index contributed by atoms with van der Waals surface area (Å²) in [6.45, 7) is 0.916. The second-order valence-corrected chi connectivity index (χ2v) is 5.59. The van der Waals surface area contributed by atoms with Crippen LogP contribution in [0.3, 0.4) is 0 Å². The first kappa shape index (κ1) is 15.3. The van der Waals surface area contributed by atoms with E-state index in [4.69, 9.17) is 22.1 Å². The van der Waals surface area contributed by atoms with Gasteiger partial charge in [0.25, 0.3) is 0 Å². The number of halogens is 3. The van der Waals surface area contributed by atoms with Gasteiger partial charge in [-0.1, -0.05) is 33.6 Å². The molecule has 0 bridgehead atoms. The Morgan fingerprint density at radius 3 is 2.70 bits per heavy atom. The molecule has 2 N–H and O–H groups in total. The molecule has 0 heterocycles. The Morgan fingerprint density at radius 1 is 1.20 bits per heavy atom. The first-order chi connectivity index (χ1) is 9.60. The zero-order valence-electron chi connectivity index (χ0n) is 10.7. The normalized spacial score (nSPS) is 10.6. The molecule has 0 saturated carbocycles. The van der Waals surface area contributed by atoms with Crippen LogP contribution < -0.4 is 10.5 Å². The highest BCUT2D eigenvalue weighted by Crippen LogP contribution is 2.24. The Labute approximate surface area is 130 Å². The fourth-order valence-electron chi connectivity index (χ4n) is 1.78. The summed E-state index contributed by atoms with van der Waals surface area (Å²) in [7, 11) is 0. The van der Waals surface area contributed by atoms with E-state index in [1.165, 1.54) is 6.07 Å². The Morgan fingerprint density at radius 2 is 2.00 bits per heavy atom. The third-order valence-electron chi connectivity index (χ3n) is 2.82. The van der Waals surface area contributed by atoms with E-state index >= 15 is 0 Å². The van der Waals surface area contributed by atoms with E-state index in [1.807, 2.05) is 18.2 Å². The van der Waals surface area contributed by atoms with Crippen molar-refractivity contribution in [1.29, 1.82) is 0 Å². The maximum absolute atomic E-state index is 13.1. The van der Waals surface area contributed by atoms with Crippen molar-refractivity contribution < 1.29 is 9.13 Å². The van der Waals surface area contributed by atoms with E-state index < -0.39 is 5.82 Å². The van der Waals surface area contributed by atoms with Crippen molar-refractivity contribution in [3.63, 3.8) is 0 Å². The Hall–Kier alpha value is -1.10. The lowest BCUT2D eigenvalue weighted by Gasteiger charge is -2.10. The van der Waals surface area contributed by atoms with Crippen LogP contribution in [0.25, 0.3) is 0 Å². The minimum absolute atomic E-state index is 0.103. The van der Waals surface area contributed by atoms with Crippen LogP contribution in [0.15, 0.2) is 40.9 Å². The van der Waals surface area contributed by atoms with Crippen LogP contribution in [0, 0.1) is 5.82 Å². The van der Waals surface area contributed by atoms with Crippen LogP contribution in [-0.2, 0) is 13.0 Å². The first-order valence-corrected chi connectivity index (χ1v) is 7.32. The zero-order chi connectivity index (χ0) is 14.5. The molecule has 2 rings (SSSR count). The average molecular weight is 359 g/mol. The van der Waals surface area contributed by atoms with Crippen molar-refractivity contribution in [3.05, 3.63) is 62.8 Å². The van der Waals surface area contributed by atoms with Gasteiger partial charge in [0.1, 0.15) is 18.2 Å². The van der Waals surface area contributed by atoms with Crippen molar-refractivity contribution >= 4 is 27.5 Å². The standard InChI is InChI=1S/C15H14BrClFNO/c16-13-3-2-12(8-11(13)5-6-19)20-9-10-1-4-15(18)14(17)7-10/h1-4,7-8H,5-6,9,19H2. The van der Waals surface area contributed by atoms with E-state index in [0.717, 1.165) is 27.8 Å². The van der Waals surface area contributed by atoms with Gasteiger partial charge in [-0.05, 0) is 54.4 Å². The summed E-state index contributed by atoms with van der Waals surface area (Å²) < 4.78 is 19.8. The van der Waals surface area contributed by atoms with Crippen LogP contribution in [0.1, 0.15) is 11.1 Å². The van der Waals surface area contributed by atoms with Gasteiger partial charge in [-0.15, -0.1) is 0 Å². The summed E-state index contributed by atoms with van der Waals surface area (Å²) in [6, 6.07) is 10.3. The molecule has 0 fully saturated rings. The van der Waals surface area contributed by atoms with Gasteiger partial charge < -0.3 is 10.5 Å². The molecule has 0 saturated heterocycles. The Bertz CT molecular complexity index is 606. The first-order valence-electron chi connectivity index (χ1n) is 6.15. The number of hydrogen-bond donors (Lipinski definition) is 1. The van der Waals surface area contributed by atoms with Gasteiger partial charge in [-0.25, -0.2) is 4.39 Å². The van der Waals surface area contributed by atoms with Gasteiger partial charge in [0.15, 0.2) is 0 Å². The van der Waals surface area contributed by atoms with Crippen molar-refractivity contribution in [2.75, 3.05) is 6.54 Å². The van der Waals surface area contributed by atoms with Crippen molar-refractivity contribution in [1.82, 2.24) is 0 Å². The molecule has 0 spiro atoms. The fraction of sp³-hybridized carbons (Fsp3) is 0.200. The smallest absolute Gasteiger partial charge is 0.141 e. The van der Waals surface area contributed by atoms with E-state index in [0.29, 0.717) is 13.2 Å². The van der Waals surface area contributed by atoms with Crippen LogP contribution in [0.4, 0.5) is 4.39 Å². The molecule has 0 aliphatic heterocycles. The molecule has 0 aliphatic rings. The molecule has 2 aromatic carbocycles. The van der Waals surface area contributed by atoms with Crippen molar-refractivity contribution in [2.24, 2.45) is 5.73 Å². The molecule has 0 atom stereocenters. The van der Waals surface area contributed by atoms with E-state index in [1.54, 1.807) is 12.1 Å². The molecule has 0 aliphatic carbocycles. The summed E-state index contributed by atoms with van der Waals surface area (Å²) in [5, 5.41) is 0.103. The molecular weight excluding hydrogens is 345 g/mol. The highest BCUT2D eigenvalue weighted by atomic mass is 79.9. The minimum Gasteiger partial charge on any atom is -0.489 e. The molecule has 2 aromatic rings. The van der Waals surface area contributed by atoms with Crippen LogP contribution in [0.5, 0.6) is 5.75 Å². The molecule has 0 radical (unpaired) electrons. The van der Waals surface area contributed by atoms with E-state index in [2.05, 4.69) is 15.9 Å². The van der Waals surface area contributed by atoms with Crippen LogP contribution >= 0.6 is 27.5 Å². The SMILES string of the molecule is NCCc1cc(OCc2ccc(F)c(Cl)c2)ccc1Br. The summed E-state index contributed by atoms with van der Waals surface area (Å²) in [5.74, 6) is 0.321. The van der Waals surface area contributed by atoms with Crippen molar-refractivity contribution in [3.8, 4) is 5.75 Å². The topological polar surface area (TPSA) is 35.2 Å². The molecule has 2 nitrogen and oxygen atoms in total. The Balaban J connectivity index is 2.06. The summed E-state index contributed by atoms with van der Waals surface area (Å²) in [6.07, 6.45) is 0.778. The molecular formula is C15H14BrClFNO. The Kier molecular flexibility index (Phi) is 5.40. The summed E-state index contributed by atoms with van der Waals surface area (Å²) in [5.41, 5.74) is 7.48. The lowest BCUT2D eigenvalue weighted by molar-refractivity contribution is 0.305. The fourth-order valence-corrected chi connectivity index (χ4v) is 2.43. The number of ether oxygens (including phenoxy) is 1. The maximum Gasteiger partial charge on any atom is 0.141 e. The number of hydrogen-bond acceptors (Lipinski definition) is 2. The molecule has 5 heteroatoms. The largest absolute Gasteiger partial charge is 0.489 e. The van der Waals surface area contributed by atoms with Gasteiger partial charge >= 0.3 is 0 Å². The molecule has 20 heavy (non-hydrogen) atoms. The molecule has 0 amide bonds. The second-order valence-electron chi connectivity index (χ2n) is 4.33. The summed E-state index contributed by atoms with van der Waals surface area (Å²) in [4.78, 5) is 0. The third kappa shape index (κ3) is 3.95. The summed E-state index contributed by atoms with van der Waals surface area (Å²) >= 11 is 9.21. The number of rotatable bonds is 5. The molecule has 0 unspecified atom stereocenters. The van der Waals surface area contributed by atoms with Gasteiger partial charge in [-0.2, -0.15) is 0 Å².